The number of pyridine rings is 1. The van der Waals surface area contributed by atoms with Crippen LogP contribution >= 0.6 is 0 Å². The summed E-state index contributed by atoms with van der Waals surface area (Å²) in [6, 6.07) is 4.85. The molecule has 0 bridgehead atoms. The third kappa shape index (κ3) is 2.62. The lowest BCUT2D eigenvalue weighted by atomic mass is 10.0. The number of carbonyl (C=O) groups excluding carboxylic acids is 1. The SMILES string of the molecule is N#Cc1nc(C(=O)C(N)C(=O)O)c(O)c2onc(-c3ccc(F)cc3)c12. The highest BCUT2D eigenvalue weighted by Crippen LogP contribution is 2.36. The van der Waals surface area contributed by atoms with Gasteiger partial charge in [-0.1, -0.05) is 5.16 Å². The number of benzene rings is 1. The zero-order valence-electron chi connectivity index (χ0n) is 12.8. The second kappa shape index (κ2) is 6.23. The molecule has 3 rings (SSSR count). The van der Waals surface area contributed by atoms with E-state index >= 15 is 0 Å². The molecule has 4 N–H and O–H groups in total. The third-order valence-electron chi connectivity index (χ3n) is 3.60. The average molecular weight is 356 g/mol. The van der Waals surface area contributed by atoms with Gasteiger partial charge in [0.2, 0.25) is 11.4 Å². The molecular weight excluding hydrogens is 347 g/mol. The second-order valence-corrected chi connectivity index (χ2v) is 5.19. The zero-order chi connectivity index (χ0) is 19.0. The number of aliphatic carboxylic acids is 1. The number of rotatable bonds is 4. The molecular formula is C16H9FN4O5. The highest BCUT2D eigenvalue weighted by atomic mass is 19.1. The summed E-state index contributed by atoms with van der Waals surface area (Å²) < 4.78 is 18.1. The number of nitrogens with zero attached hydrogens (tertiary/aromatic N) is 3. The smallest absolute Gasteiger partial charge is 0.328 e. The minimum atomic E-state index is -1.98. The number of aromatic hydroxyl groups is 1. The maximum Gasteiger partial charge on any atom is 0.328 e. The van der Waals surface area contributed by atoms with E-state index in [2.05, 4.69) is 10.1 Å². The fourth-order valence-corrected chi connectivity index (χ4v) is 2.32. The van der Waals surface area contributed by atoms with Crippen LogP contribution in [0.1, 0.15) is 16.2 Å². The van der Waals surface area contributed by atoms with E-state index in [1.54, 1.807) is 6.07 Å². The summed E-state index contributed by atoms with van der Waals surface area (Å²) in [5.41, 5.74) is 4.33. The number of ketones is 1. The Morgan fingerprint density at radius 2 is 1.96 bits per heavy atom. The summed E-state index contributed by atoms with van der Waals surface area (Å²) in [5.74, 6) is -4.10. The van der Waals surface area contributed by atoms with Gasteiger partial charge in [0, 0.05) is 5.56 Å². The van der Waals surface area contributed by atoms with Crippen LogP contribution in [0.5, 0.6) is 5.75 Å². The van der Waals surface area contributed by atoms with Crippen LogP contribution in [0.3, 0.4) is 0 Å². The van der Waals surface area contributed by atoms with Crippen molar-refractivity contribution in [1.29, 1.82) is 5.26 Å². The van der Waals surface area contributed by atoms with Crippen LogP contribution in [0.4, 0.5) is 4.39 Å². The van der Waals surface area contributed by atoms with Gasteiger partial charge in [-0.05, 0) is 24.3 Å². The number of aromatic nitrogens is 2. The van der Waals surface area contributed by atoms with Crippen LogP contribution in [0.15, 0.2) is 28.8 Å². The Morgan fingerprint density at radius 3 is 2.54 bits per heavy atom. The molecule has 130 valence electrons. The van der Waals surface area contributed by atoms with Crippen molar-refractivity contribution in [2.45, 2.75) is 6.04 Å². The van der Waals surface area contributed by atoms with Crippen LogP contribution in [0.25, 0.3) is 22.2 Å². The van der Waals surface area contributed by atoms with E-state index < -0.39 is 35.1 Å². The van der Waals surface area contributed by atoms with E-state index in [0.717, 1.165) is 0 Å². The summed E-state index contributed by atoms with van der Waals surface area (Å²) >= 11 is 0. The van der Waals surface area contributed by atoms with Gasteiger partial charge < -0.3 is 20.5 Å². The minimum Gasteiger partial charge on any atom is -0.503 e. The highest BCUT2D eigenvalue weighted by Gasteiger charge is 2.31. The third-order valence-corrected chi connectivity index (χ3v) is 3.60. The van der Waals surface area contributed by atoms with Crippen LogP contribution in [0.2, 0.25) is 0 Å². The largest absolute Gasteiger partial charge is 0.503 e. The lowest BCUT2D eigenvalue weighted by Crippen LogP contribution is -2.39. The molecule has 9 nitrogen and oxygen atoms in total. The topological polar surface area (TPSA) is 163 Å². The number of hydrogen-bond acceptors (Lipinski definition) is 8. The van der Waals surface area contributed by atoms with E-state index in [4.69, 9.17) is 15.4 Å². The molecule has 0 spiro atoms. The summed E-state index contributed by atoms with van der Waals surface area (Å²) in [5, 5.41) is 32.1. The Balaban J connectivity index is 2.25. The first-order chi connectivity index (χ1) is 12.3. The van der Waals surface area contributed by atoms with Gasteiger partial charge in [0.15, 0.2) is 23.2 Å². The quantitative estimate of drug-likeness (QED) is 0.460. The lowest BCUT2D eigenvalue weighted by molar-refractivity contribution is -0.137. The fourth-order valence-electron chi connectivity index (χ4n) is 2.32. The molecule has 26 heavy (non-hydrogen) atoms. The predicted octanol–water partition coefficient (Wildman–Crippen LogP) is 1.20. The Labute approximate surface area is 144 Å². The van der Waals surface area contributed by atoms with E-state index in [1.165, 1.54) is 24.3 Å². The van der Waals surface area contributed by atoms with Gasteiger partial charge >= 0.3 is 5.97 Å². The number of nitriles is 1. The Bertz CT molecular complexity index is 1080. The van der Waals surface area contributed by atoms with Gasteiger partial charge in [0.25, 0.3) is 0 Å². The van der Waals surface area contributed by atoms with Crippen molar-refractivity contribution >= 4 is 22.7 Å². The van der Waals surface area contributed by atoms with Crippen molar-refractivity contribution < 1.29 is 28.7 Å². The monoisotopic (exact) mass is 356 g/mol. The van der Waals surface area contributed by atoms with Crippen molar-refractivity contribution in [1.82, 2.24) is 10.1 Å². The fraction of sp³-hybridized carbons (Fsp3) is 0.0625. The van der Waals surface area contributed by atoms with E-state index in [9.17, 15) is 24.3 Å². The highest BCUT2D eigenvalue weighted by molar-refractivity contribution is 6.14. The Kier molecular flexibility index (Phi) is 4.07. The van der Waals surface area contributed by atoms with Crippen LogP contribution in [-0.4, -0.2) is 38.1 Å². The molecule has 0 aliphatic rings. The summed E-state index contributed by atoms with van der Waals surface area (Å²) in [7, 11) is 0. The van der Waals surface area contributed by atoms with Gasteiger partial charge in [0.1, 0.15) is 17.6 Å². The number of hydrogen-bond donors (Lipinski definition) is 3. The van der Waals surface area contributed by atoms with Crippen LogP contribution in [-0.2, 0) is 4.79 Å². The van der Waals surface area contributed by atoms with Gasteiger partial charge in [-0.2, -0.15) is 5.26 Å². The molecule has 1 atom stereocenters. The van der Waals surface area contributed by atoms with Crippen molar-refractivity contribution in [2.24, 2.45) is 5.73 Å². The maximum absolute atomic E-state index is 13.1. The number of carboxylic acid groups (broad SMARTS) is 1. The van der Waals surface area contributed by atoms with E-state index in [0.29, 0.717) is 5.56 Å². The molecule has 0 saturated heterocycles. The number of nitrogens with two attached hydrogens (primary N) is 1. The Morgan fingerprint density at radius 1 is 1.31 bits per heavy atom. The molecule has 0 aliphatic carbocycles. The zero-order valence-corrected chi connectivity index (χ0v) is 12.8. The van der Waals surface area contributed by atoms with Crippen molar-refractivity contribution in [2.75, 3.05) is 0 Å². The molecule has 0 saturated carbocycles. The molecule has 0 aliphatic heterocycles. The molecule has 3 aromatic rings. The molecule has 2 aromatic heterocycles. The second-order valence-electron chi connectivity index (χ2n) is 5.19. The number of carbonyl (C=O) groups is 2. The van der Waals surface area contributed by atoms with Crippen molar-refractivity contribution in [3.63, 3.8) is 0 Å². The normalized spacial score (nSPS) is 11.9. The van der Waals surface area contributed by atoms with Crippen LogP contribution < -0.4 is 5.73 Å². The standard InChI is InChI=1S/C16H9FN4O5/c17-7-3-1-6(2-4-7)11-9-8(5-18)20-12(13(22)10(19)16(24)25)14(23)15(9)26-21-11/h1-4,10,23H,19H2,(H,24,25). The molecule has 1 aromatic carbocycles. The average Bonchev–Trinajstić information content (AvgIpc) is 3.07. The summed E-state index contributed by atoms with van der Waals surface area (Å²) in [6.07, 6.45) is 0. The first-order valence-electron chi connectivity index (χ1n) is 7.06. The molecule has 2 heterocycles. The number of halogens is 1. The van der Waals surface area contributed by atoms with E-state index in [-0.39, 0.29) is 22.4 Å². The van der Waals surface area contributed by atoms with E-state index in [1.807, 2.05) is 0 Å². The number of fused-ring (bicyclic) bond motifs is 1. The van der Waals surface area contributed by atoms with Crippen molar-refractivity contribution in [3.8, 4) is 23.1 Å². The predicted molar refractivity (Wildman–Crippen MR) is 83.5 cm³/mol. The summed E-state index contributed by atoms with van der Waals surface area (Å²) in [6.45, 7) is 0. The Hall–Kier alpha value is -3.84. The minimum absolute atomic E-state index is 0.00273. The number of Topliss-reactive ketones (excluding diaryl/α,β-unsaturated/α-hetero) is 1. The molecule has 0 radical (unpaired) electrons. The first kappa shape index (κ1) is 17.0. The summed E-state index contributed by atoms with van der Waals surface area (Å²) in [4.78, 5) is 26.7. The maximum atomic E-state index is 13.1. The van der Waals surface area contributed by atoms with Gasteiger partial charge in [-0.25, -0.2) is 9.37 Å². The van der Waals surface area contributed by atoms with Gasteiger partial charge in [0.05, 0.1) is 5.39 Å². The molecule has 10 heteroatoms. The van der Waals surface area contributed by atoms with Crippen LogP contribution in [0, 0.1) is 17.1 Å². The number of carboxylic acids is 1. The lowest BCUT2D eigenvalue weighted by Gasteiger charge is -2.07. The molecule has 0 fully saturated rings. The van der Waals surface area contributed by atoms with Gasteiger partial charge in [-0.15, -0.1) is 0 Å². The van der Waals surface area contributed by atoms with Gasteiger partial charge in [-0.3, -0.25) is 9.59 Å². The van der Waals surface area contributed by atoms with Crippen molar-refractivity contribution in [3.05, 3.63) is 41.5 Å². The molecule has 0 amide bonds. The molecule has 1 unspecified atom stereocenters. The first-order valence-corrected chi connectivity index (χ1v) is 7.06.